The number of ketones is 1. The number of hydrogen-bond donors (Lipinski definition) is 0. The molecule has 0 bridgehead atoms. The SMILES string of the molecule is COCOc1c(C=C2CCC(C)C2)ccc([N+](=O)[O-])c1C(=O)c1ccccc1. The van der Waals surface area contributed by atoms with E-state index in [1.165, 1.54) is 18.7 Å². The van der Waals surface area contributed by atoms with Crippen molar-refractivity contribution in [1.29, 1.82) is 0 Å². The molecule has 0 radical (unpaired) electrons. The second-order valence-corrected chi connectivity index (χ2v) is 7.03. The Kier molecular flexibility index (Phi) is 6.21. The van der Waals surface area contributed by atoms with E-state index in [4.69, 9.17) is 9.47 Å². The average Bonchev–Trinajstić information content (AvgIpc) is 3.11. The topological polar surface area (TPSA) is 78.7 Å². The minimum absolute atomic E-state index is 0.0476. The van der Waals surface area contributed by atoms with Gasteiger partial charge in [-0.2, -0.15) is 0 Å². The Morgan fingerprint density at radius 3 is 2.61 bits per heavy atom. The van der Waals surface area contributed by atoms with Gasteiger partial charge in [-0.25, -0.2) is 0 Å². The zero-order chi connectivity index (χ0) is 20.1. The van der Waals surface area contributed by atoms with Crippen molar-refractivity contribution in [3.05, 3.63) is 74.8 Å². The van der Waals surface area contributed by atoms with Crippen LogP contribution in [0.4, 0.5) is 5.69 Å². The van der Waals surface area contributed by atoms with Crippen LogP contribution in [0.1, 0.15) is 47.7 Å². The van der Waals surface area contributed by atoms with Gasteiger partial charge in [-0.1, -0.05) is 48.9 Å². The number of nitro groups is 1. The van der Waals surface area contributed by atoms with Gasteiger partial charge in [0.15, 0.2) is 6.79 Å². The molecule has 6 nitrogen and oxygen atoms in total. The molecule has 0 spiro atoms. The summed E-state index contributed by atoms with van der Waals surface area (Å²) in [7, 11) is 1.47. The monoisotopic (exact) mass is 381 g/mol. The summed E-state index contributed by atoms with van der Waals surface area (Å²) in [6.45, 7) is 2.09. The summed E-state index contributed by atoms with van der Waals surface area (Å²) in [5, 5.41) is 11.6. The summed E-state index contributed by atoms with van der Waals surface area (Å²) in [5.41, 5.74) is 1.95. The van der Waals surface area contributed by atoms with E-state index >= 15 is 0 Å². The van der Waals surface area contributed by atoms with Crippen molar-refractivity contribution in [2.75, 3.05) is 13.9 Å². The van der Waals surface area contributed by atoms with Gasteiger partial charge in [0.1, 0.15) is 11.3 Å². The fourth-order valence-corrected chi connectivity index (χ4v) is 3.52. The van der Waals surface area contributed by atoms with Gasteiger partial charge in [-0.15, -0.1) is 0 Å². The second-order valence-electron chi connectivity index (χ2n) is 7.03. The maximum Gasteiger partial charge on any atom is 0.284 e. The van der Waals surface area contributed by atoms with E-state index in [-0.39, 0.29) is 23.8 Å². The number of allylic oxidation sites excluding steroid dienone is 1. The van der Waals surface area contributed by atoms with E-state index in [1.54, 1.807) is 36.4 Å². The number of carbonyl (C=O) groups excluding carboxylic acids is 1. The fourth-order valence-electron chi connectivity index (χ4n) is 3.52. The molecule has 6 heteroatoms. The molecule has 1 fully saturated rings. The van der Waals surface area contributed by atoms with Crippen LogP contribution in [-0.2, 0) is 4.74 Å². The molecule has 28 heavy (non-hydrogen) atoms. The standard InChI is InChI=1S/C22H23NO5/c1-15-8-9-16(12-15)13-18-10-11-19(23(25)26)20(22(18)28-14-27-2)21(24)17-6-4-3-5-7-17/h3-7,10-11,13,15H,8-9,12,14H2,1-2H3. The van der Waals surface area contributed by atoms with Crippen LogP contribution >= 0.6 is 0 Å². The zero-order valence-corrected chi connectivity index (χ0v) is 16.0. The van der Waals surface area contributed by atoms with Gasteiger partial charge in [0.2, 0.25) is 5.78 Å². The normalized spacial score (nSPS) is 17.6. The van der Waals surface area contributed by atoms with E-state index in [9.17, 15) is 14.9 Å². The van der Waals surface area contributed by atoms with E-state index in [1.807, 2.05) is 6.08 Å². The molecule has 0 heterocycles. The van der Waals surface area contributed by atoms with Crippen molar-refractivity contribution in [2.24, 2.45) is 5.92 Å². The molecule has 146 valence electrons. The first-order valence-corrected chi connectivity index (χ1v) is 9.23. The van der Waals surface area contributed by atoms with Crippen molar-refractivity contribution in [1.82, 2.24) is 0 Å². The fraction of sp³-hybridized carbons (Fsp3) is 0.318. The summed E-state index contributed by atoms with van der Waals surface area (Å²) in [4.78, 5) is 24.2. The first-order valence-electron chi connectivity index (χ1n) is 9.23. The molecule has 2 aromatic carbocycles. The lowest BCUT2D eigenvalue weighted by Crippen LogP contribution is -2.11. The molecule has 1 atom stereocenters. The van der Waals surface area contributed by atoms with Crippen molar-refractivity contribution in [3.8, 4) is 5.75 Å². The minimum Gasteiger partial charge on any atom is -0.466 e. The van der Waals surface area contributed by atoms with Gasteiger partial charge < -0.3 is 9.47 Å². The molecular weight excluding hydrogens is 358 g/mol. The van der Waals surface area contributed by atoms with Gasteiger partial charge in [0.05, 0.1) is 4.92 Å². The molecule has 0 saturated heterocycles. The first-order chi connectivity index (χ1) is 13.5. The van der Waals surface area contributed by atoms with Crippen LogP contribution < -0.4 is 4.74 Å². The summed E-state index contributed by atoms with van der Waals surface area (Å²) in [6.07, 6.45) is 5.05. The largest absolute Gasteiger partial charge is 0.466 e. The molecule has 2 aromatic rings. The molecule has 3 rings (SSSR count). The highest BCUT2D eigenvalue weighted by Gasteiger charge is 2.29. The zero-order valence-electron chi connectivity index (χ0n) is 16.0. The number of methoxy groups -OCH3 is 1. The summed E-state index contributed by atoms with van der Waals surface area (Å²) in [5.74, 6) is 0.355. The predicted octanol–water partition coefficient (Wildman–Crippen LogP) is 5.01. The lowest BCUT2D eigenvalue weighted by Gasteiger charge is -2.14. The van der Waals surface area contributed by atoms with Gasteiger partial charge in [-0.3, -0.25) is 14.9 Å². The Balaban J connectivity index is 2.16. The maximum absolute atomic E-state index is 13.2. The third-order valence-electron chi connectivity index (χ3n) is 4.88. The van der Waals surface area contributed by atoms with Gasteiger partial charge in [-0.05, 0) is 31.2 Å². The van der Waals surface area contributed by atoms with Crippen molar-refractivity contribution in [2.45, 2.75) is 26.2 Å². The molecule has 1 saturated carbocycles. The van der Waals surface area contributed by atoms with Gasteiger partial charge in [0.25, 0.3) is 5.69 Å². The van der Waals surface area contributed by atoms with Crippen molar-refractivity contribution in [3.63, 3.8) is 0 Å². The van der Waals surface area contributed by atoms with Gasteiger partial charge >= 0.3 is 0 Å². The molecule has 0 amide bonds. The van der Waals surface area contributed by atoms with E-state index in [0.717, 1.165) is 19.3 Å². The van der Waals surface area contributed by atoms with Crippen LogP contribution in [0.3, 0.4) is 0 Å². The molecule has 0 N–H and O–H groups in total. The number of carbonyl (C=O) groups is 1. The first kappa shape index (κ1) is 19.8. The molecule has 1 aliphatic rings. The van der Waals surface area contributed by atoms with E-state index in [2.05, 4.69) is 6.92 Å². The Morgan fingerprint density at radius 1 is 1.25 bits per heavy atom. The van der Waals surface area contributed by atoms with Crippen LogP contribution in [0.5, 0.6) is 5.75 Å². The summed E-state index contributed by atoms with van der Waals surface area (Å²) < 4.78 is 10.7. The van der Waals surface area contributed by atoms with Crippen molar-refractivity contribution < 1.29 is 19.2 Å². The van der Waals surface area contributed by atoms with Crippen molar-refractivity contribution >= 4 is 17.5 Å². The Bertz CT molecular complexity index is 905. The Labute approximate surface area is 163 Å². The highest BCUT2D eigenvalue weighted by atomic mass is 16.7. The van der Waals surface area contributed by atoms with E-state index < -0.39 is 10.7 Å². The van der Waals surface area contributed by atoms with Gasteiger partial charge in [0, 0.05) is 24.3 Å². The Morgan fingerprint density at radius 2 is 2.00 bits per heavy atom. The van der Waals surface area contributed by atoms with Crippen LogP contribution in [-0.4, -0.2) is 24.6 Å². The molecular formula is C22H23NO5. The number of nitro benzene ring substituents is 1. The van der Waals surface area contributed by atoms with E-state index in [0.29, 0.717) is 17.0 Å². The Hall–Kier alpha value is -2.99. The lowest BCUT2D eigenvalue weighted by atomic mass is 9.96. The number of benzene rings is 2. The third kappa shape index (κ3) is 4.28. The average molecular weight is 381 g/mol. The number of hydrogen-bond acceptors (Lipinski definition) is 5. The van der Waals surface area contributed by atoms with Crippen LogP contribution in [0.25, 0.3) is 6.08 Å². The molecule has 1 aliphatic carbocycles. The number of rotatable bonds is 7. The summed E-state index contributed by atoms with van der Waals surface area (Å²) in [6, 6.07) is 11.5. The maximum atomic E-state index is 13.2. The number of nitrogens with zero attached hydrogens (tertiary/aromatic N) is 1. The van der Waals surface area contributed by atoms with Crippen LogP contribution in [0.2, 0.25) is 0 Å². The molecule has 0 aliphatic heterocycles. The minimum atomic E-state index is -0.551. The molecule has 0 aromatic heterocycles. The van der Waals surface area contributed by atoms with Crippen LogP contribution in [0.15, 0.2) is 48.0 Å². The predicted molar refractivity (Wildman–Crippen MR) is 106 cm³/mol. The summed E-state index contributed by atoms with van der Waals surface area (Å²) >= 11 is 0. The quantitative estimate of drug-likeness (QED) is 0.291. The van der Waals surface area contributed by atoms with Crippen LogP contribution in [0, 0.1) is 16.0 Å². The third-order valence-corrected chi connectivity index (χ3v) is 4.88. The molecule has 1 unspecified atom stereocenters. The smallest absolute Gasteiger partial charge is 0.284 e. The highest BCUT2D eigenvalue weighted by Crippen LogP contribution is 2.38. The lowest BCUT2D eigenvalue weighted by molar-refractivity contribution is -0.385. The number of ether oxygens (including phenoxy) is 2. The highest BCUT2D eigenvalue weighted by molar-refractivity contribution is 6.14. The second kappa shape index (κ2) is 8.80.